The van der Waals surface area contributed by atoms with Crippen molar-refractivity contribution in [3.8, 4) is 0 Å². The van der Waals surface area contributed by atoms with Gasteiger partial charge in [0.15, 0.2) is 6.61 Å². The van der Waals surface area contributed by atoms with Crippen LogP contribution in [0.3, 0.4) is 0 Å². The molecule has 0 fully saturated rings. The predicted molar refractivity (Wildman–Crippen MR) is 80.9 cm³/mol. The minimum Gasteiger partial charge on any atom is -0.386 e. The van der Waals surface area contributed by atoms with Gasteiger partial charge in [-0.05, 0) is 13.3 Å². The molecule has 0 spiro atoms. The quantitative estimate of drug-likeness (QED) is 0.278. The Bertz CT molecular complexity index is 335. The van der Waals surface area contributed by atoms with Crippen molar-refractivity contribution in [2.24, 2.45) is 5.16 Å². The molecule has 1 unspecified atom stereocenters. The topological polar surface area (TPSA) is 95.5 Å². The second-order valence-electron chi connectivity index (χ2n) is 4.54. The molecule has 22 heavy (non-hydrogen) atoms. The molecule has 128 valence electrons. The highest BCUT2D eigenvalue weighted by Crippen LogP contribution is 1.92. The predicted octanol–water partition coefficient (Wildman–Crippen LogP) is 0.152. The van der Waals surface area contributed by atoms with Crippen LogP contribution in [-0.4, -0.2) is 71.2 Å². The summed E-state index contributed by atoms with van der Waals surface area (Å²) in [5.74, 6) is -0.196. The number of amides is 1. The first-order chi connectivity index (χ1) is 10.6. The van der Waals surface area contributed by atoms with Crippen LogP contribution in [0.25, 0.3) is 0 Å². The number of oxime groups is 1. The van der Waals surface area contributed by atoms with Crippen molar-refractivity contribution >= 4 is 17.9 Å². The molecule has 0 aliphatic rings. The van der Waals surface area contributed by atoms with Gasteiger partial charge in [0.05, 0.1) is 19.8 Å². The van der Waals surface area contributed by atoms with Gasteiger partial charge in [0.25, 0.3) is 5.91 Å². The molecule has 0 heterocycles. The van der Waals surface area contributed by atoms with Crippen LogP contribution in [0.5, 0.6) is 0 Å². The monoisotopic (exact) mass is 318 g/mol. The summed E-state index contributed by atoms with van der Waals surface area (Å²) < 4.78 is 15.4. The number of nitrogens with zero attached hydrogens (tertiary/aromatic N) is 1. The summed E-state index contributed by atoms with van der Waals surface area (Å²) in [5.41, 5.74) is 0. The van der Waals surface area contributed by atoms with Gasteiger partial charge in [-0.15, -0.1) is 0 Å². The second kappa shape index (κ2) is 14.4. The summed E-state index contributed by atoms with van der Waals surface area (Å²) in [6.07, 6.45) is 2.28. The lowest BCUT2D eigenvalue weighted by molar-refractivity contribution is -0.126. The smallest absolute Gasteiger partial charge is 0.260 e. The highest BCUT2D eigenvalue weighted by molar-refractivity contribution is 5.78. The zero-order chi connectivity index (χ0) is 16.6. The van der Waals surface area contributed by atoms with Crippen LogP contribution in [0, 0.1) is 0 Å². The number of hydrogen-bond donors (Lipinski definition) is 1. The van der Waals surface area contributed by atoms with E-state index in [1.807, 2.05) is 0 Å². The highest BCUT2D eigenvalue weighted by atomic mass is 16.6. The van der Waals surface area contributed by atoms with Crippen LogP contribution in [-0.2, 0) is 28.6 Å². The van der Waals surface area contributed by atoms with Crippen molar-refractivity contribution < 1.29 is 28.6 Å². The van der Waals surface area contributed by atoms with Crippen LogP contribution >= 0.6 is 0 Å². The van der Waals surface area contributed by atoms with Crippen LogP contribution in [0.15, 0.2) is 5.16 Å². The fourth-order valence-electron chi connectivity index (χ4n) is 1.37. The third-order valence-electron chi connectivity index (χ3n) is 2.53. The van der Waals surface area contributed by atoms with Gasteiger partial charge in [0.1, 0.15) is 11.9 Å². The molecule has 0 aliphatic heterocycles. The number of Topliss-reactive ketones (excluding diaryl/α,β-unsaturated/α-hetero) is 1. The van der Waals surface area contributed by atoms with Crippen LogP contribution < -0.4 is 5.32 Å². The Morgan fingerprint density at radius 2 is 2.05 bits per heavy atom. The molecule has 0 aromatic heterocycles. The second-order valence-corrected chi connectivity index (χ2v) is 4.54. The van der Waals surface area contributed by atoms with Crippen molar-refractivity contribution in [3.63, 3.8) is 0 Å². The third-order valence-corrected chi connectivity index (χ3v) is 2.53. The van der Waals surface area contributed by atoms with E-state index in [-0.39, 0.29) is 24.4 Å². The lowest BCUT2D eigenvalue weighted by atomic mass is 10.2. The first kappa shape index (κ1) is 20.5. The lowest BCUT2D eigenvalue weighted by Gasteiger charge is -2.14. The van der Waals surface area contributed by atoms with Gasteiger partial charge in [-0.1, -0.05) is 5.16 Å². The maximum atomic E-state index is 11.4. The maximum absolute atomic E-state index is 11.4. The maximum Gasteiger partial charge on any atom is 0.260 e. The number of carbonyl (C=O) groups is 2. The lowest BCUT2D eigenvalue weighted by Crippen LogP contribution is -2.31. The average molecular weight is 318 g/mol. The van der Waals surface area contributed by atoms with E-state index in [2.05, 4.69) is 10.5 Å². The third kappa shape index (κ3) is 13.5. The molecule has 0 bridgehead atoms. The summed E-state index contributed by atoms with van der Waals surface area (Å²) in [6.45, 7) is 2.95. The highest BCUT2D eigenvalue weighted by Gasteiger charge is 2.06. The van der Waals surface area contributed by atoms with Gasteiger partial charge in [0.2, 0.25) is 0 Å². The van der Waals surface area contributed by atoms with Crippen molar-refractivity contribution in [1.29, 1.82) is 0 Å². The molecule has 0 aromatic rings. The number of ether oxygens (including phenoxy) is 3. The zero-order valence-electron chi connectivity index (χ0n) is 13.5. The van der Waals surface area contributed by atoms with Gasteiger partial charge < -0.3 is 29.2 Å². The Kier molecular flexibility index (Phi) is 13.4. The Hall–Kier alpha value is -1.51. The Labute approximate surface area is 131 Å². The van der Waals surface area contributed by atoms with Crippen LogP contribution in [0.1, 0.15) is 19.8 Å². The summed E-state index contributed by atoms with van der Waals surface area (Å²) in [4.78, 5) is 26.8. The zero-order valence-corrected chi connectivity index (χ0v) is 13.5. The first-order valence-electron chi connectivity index (χ1n) is 7.09. The molecule has 1 amide bonds. The molecule has 0 aromatic carbocycles. The minimum absolute atomic E-state index is 0.0883. The van der Waals surface area contributed by atoms with Gasteiger partial charge >= 0.3 is 0 Å². The van der Waals surface area contributed by atoms with Crippen LogP contribution in [0.2, 0.25) is 0 Å². The van der Waals surface area contributed by atoms with Gasteiger partial charge in [-0.3, -0.25) is 4.79 Å². The van der Waals surface area contributed by atoms with Crippen molar-refractivity contribution in [1.82, 2.24) is 5.32 Å². The molecule has 0 aliphatic carbocycles. The molecule has 0 radical (unpaired) electrons. The summed E-state index contributed by atoms with van der Waals surface area (Å²) in [6, 6.07) is 0. The van der Waals surface area contributed by atoms with E-state index < -0.39 is 0 Å². The largest absolute Gasteiger partial charge is 0.386 e. The van der Waals surface area contributed by atoms with E-state index in [1.165, 1.54) is 13.1 Å². The van der Waals surface area contributed by atoms with E-state index in [4.69, 9.17) is 19.0 Å². The number of ketones is 1. The molecule has 1 atom stereocenters. The van der Waals surface area contributed by atoms with Gasteiger partial charge in [-0.25, -0.2) is 0 Å². The van der Waals surface area contributed by atoms with Crippen LogP contribution in [0.4, 0.5) is 0 Å². The molecular weight excluding hydrogens is 292 g/mol. The van der Waals surface area contributed by atoms with E-state index in [0.717, 1.165) is 0 Å². The standard InChI is InChI=1S/C14H26N2O6/c1-12(17)5-4-6-16-22-11-14(18)15-7-8-21-10-13(20-3)9-19-2/h6,13H,4-5,7-11H2,1-3H3,(H,15,18)/b16-6+. The molecule has 8 nitrogen and oxygen atoms in total. The summed E-state index contributed by atoms with van der Waals surface area (Å²) in [7, 11) is 3.18. The number of rotatable bonds is 14. The minimum atomic E-state index is -0.285. The molecular formula is C14H26N2O6. The fraction of sp³-hybridized carbons (Fsp3) is 0.786. The SMILES string of the molecule is COCC(COCCNC(=O)CO/N=C/CCC(C)=O)OC. The van der Waals surface area contributed by atoms with Crippen molar-refractivity contribution in [2.45, 2.75) is 25.9 Å². The summed E-state index contributed by atoms with van der Waals surface area (Å²) >= 11 is 0. The van der Waals surface area contributed by atoms with E-state index in [1.54, 1.807) is 14.2 Å². The Morgan fingerprint density at radius 1 is 1.27 bits per heavy atom. The summed E-state index contributed by atoms with van der Waals surface area (Å²) in [5, 5.41) is 6.21. The Morgan fingerprint density at radius 3 is 2.68 bits per heavy atom. The van der Waals surface area contributed by atoms with E-state index in [0.29, 0.717) is 39.2 Å². The normalized spacial score (nSPS) is 12.3. The molecule has 0 saturated heterocycles. The number of hydrogen-bond acceptors (Lipinski definition) is 7. The molecule has 1 N–H and O–H groups in total. The molecule has 8 heteroatoms. The van der Waals surface area contributed by atoms with Crippen molar-refractivity contribution in [3.05, 3.63) is 0 Å². The number of carbonyl (C=O) groups excluding carboxylic acids is 2. The first-order valence-corrected chi connectivity index (χ1v) is 7.09. The van der Waals surface area contributed by atoms with Gasteiger partial charge in [-0.2, -0.15) is 0 Å². The Balaban J connectivity index is 3.48. The van der Waals surface area contributed by atoms with E-state index >= 15 is 0 Å². The molecule has 0 rings (SSSR count). The fourth-order valence-corrected chi connectivity index (χ4v) is 1.37. The van der Waals surface area contributed by atoms with Gasteiger partial charge in [0, 0.05) is 33.4 Å². The number of nitrogens with one attached hydrogen (secondary N) is 1. The number of methoxy groups -OCH3 is 2. The van der Waals surface area contributed by atoms with Crippen molar-refractivity contribution in [2.75, 3.05) is 47.2 Å². The average Bonchev–Trinajstić information content (AvgIpc) is 2.49. The molecule has 0 saturated carbocycles. The van der Waals surface area contributed by atoms with E-state index in [9.17, 15) is 9.59 Å².